The number of nitrogens with zero attached hydrogens (tertiary/aromatic N) is 2. The van der Waals surface area contributed by atoms with Crippen molar-refractivity contribution in [1.82, 2.24) is 9.80 Å². The highest BCUT2D eigenvalue weighted by Crippen LogP contribution is 2.30. The lowest BCUT2D eigenvalue weighted by Crippen LogP contribution is -2.48. The second-order valence-electron chi connectivity index (χ2n) is 8.14. The quantitative estimate of drug-likeness (QED) is 0.362. The first kappa shape index (κ1) is 25.5. The topological polar surface area (TPSA) is 24.9 Å². The summed E-state index contributed by atoms with van der Waals surface area (Å²) < 4.78 is 11.1. The van der Waals surface area contributed by atoms with Gasteiger partial charge in [-0.25, -0.2) is 0 Å². The van der Waals surface area contributed by atoms with Gasteiger partial charge in [0.15, 0.2) is 0 Å². The molecule has 1 unspecified atom stereocenters. The molecule has 4 nitrogen and oxygen atoms in total. The molecule has 0 bridgehead atoms. The average molecular weight is 487 g/mol. The van der Waals surface area contributed by atoms with Crippen molar-refractivity contribution in [2.45, 2.75) is 12.6 Å². The van der Waals surface area contributed by atoms with Crippen molar-refractivity contribution in [2.24, 2.45) is 0 Å². The minimum atomic E-state index is 0. The van der Waals surface area contributed by atoms with E-state index >= 15 is 0 Å². The Hall–Kier alpha value is -2.08. The second kappa shape index (κ2) is 13.0. The van der Waals surface area contributed by atoms with Gasteiger partial charge in [0.05, 0.1) is 26.4 Å². The third kappa shape index (κ3) is 7.20. The molecule has 0 aliphatic carbocycles. The molecule has 1 atom stereocenters. The van der Waals surface area contributed by atoms with Gasteiger partial charge in [0, 0.05) is 37.7 Å². The fourth-order valence-corrected chi connectivity index (χ4v) is 4.37. The summed E-state index contributed by atoms with van der Waals surface area (Å²) >= 11 is 6.14. The molecule has 1 heterocycles. The summed E-state index contributed by atoms with van der Waals surface area (Å²) in [7, 11) is 1.68. The Kier molecular flexibility index (Phi) is 10.0. The van der Waals surface area contributed by atoms with E-state index in [0.717, 1.165) is 50.1 Å². The Morgan fingerprint density at radius 3 is 2.09 bits per heavy atom. The van der Waals surface area contributed by atoms with Gasteiger partial charge in [-0.3, -0.25) is 9.80 Å². The van der Waals surface area contributed by atoms with Crippen molar-refractivity contribution in [1.29, 1.82) is 0 Å². The summed E-state index contributed by atoms with van der Waals surface area (Å²) in [5.74, 6) is 0.874. The molecular formula is C27H32Cl2N2O2. The van der Waals surface area contributed by atoms with Crippen LogP contribution in [-0.2, 0) is 11.3 Å². The van der Waals surface area contributed by atoms with E-state index in [1.54, 1.807) is 7.11 Å². The lowest BCUT2D eigenvalue weighted by Gasteiger charge is -2.39. The highest BCUT2D eigenvalue weighted by Gasteiger charge is 2.26. The van der Waals surface area contributed by atoms with Gasteiger partial charge in [-0.15, -0.1) is 12.4 Å². The molecule has 1 aliphatic rings. The maximum atomic E-state index is 6.14. The number of hydrogen-bond donors (Lipinski definition) is 0. The second-order valence-corrected chi connectivity index (χ2v) is 8.58. The SMILES string of the molecule is COc1ccc(COCCN2CCN(C(c3ccccc3)c3ccc(Cl)cc3)CC2)cc1.Cl. The van der Waals surface area contributed by atoms with Crippen LogP contribution in [0.4, 0.5) is 0 Å². The third-order valence-corrected chi connectivity index (χ3v) is 6.30. The summed E-state index contributed by atoms with van der Waals surface area (Å²) in [4.78, 5) is 5.07. The smallest absolute Gasteiger partial charge is 0.118 e. The minimum Gasteiger partial charge on any atom is -0.497 e. The molecule has 0 N–H and O–H groups in total. The van der Waals surface area contributed by atoms with Crippen LogP contribution >= 0.6 is 24.0 Å². The van der Waals surface area contributed by atoms with Gasteiger partial charge in [-0.1, -0.05) is 66.2 Å². The number of hydrogen-bond acceptors (Lipinski definition) is 4. The summed E-state index contributed by atoms with van der Waals surface area (Å²) in [5, 5.41) is 0.778. The molecule has 0 amide bonds. The monoisotopic (exact) mass is 486 g/mol. The van der Waals surface area contributed by atoms with E-state index in [9.17, 15) is 0 Å². The van der Waals surface area contributed by atoms with Crippen molar-refractivity contribution >= 4 is 24.0 Å². The highest BCUT2D eigenvalue weighted by molar-refractivity contribution is 6.30. The lowest BCUT2D eigenvalue weighted by molar-refractivity contribution is 0.0608. The summed E-state index contributed by atoms with van der Waals surface area (Å²) in [5.41, 5.74) is 3.78. The maximum absolute atomic E-state index is 6.14. The van der Waals surface area contributed by atoms with Crippen molar-refractivity contribution < 1.29 is 9.47 Å². The van der Waals surface area contributed by atoms with Crippen LogP contribution in [-0.4, -0.2) is 56.2 Å². The van der Waals surface area contributed by atoms with E-state index in [2.05, 4.69) is 64.4 Å². The van der Waals surface area contributed by atoms with Crippen LogP contribution in [0.5, 0.6) is 5.75 Å². The fraction of sp³-hybridized carbons (Fsp3) is 0.333. The van der Waals surface area contributed by atoms with Gasteiger partial charge in [-0.05, 0) is 41.0 Å². The van der Waals surface area contributed by atoms with E-state index < -0.39 is 0 Å². The van der Waals surface area contributed by atoms with Crippen LogP contribution < -0.4 is 4.74 Å². The van der Waals surface area contributed by atoms with Gasteiger partial charge < -0.3 is 9.47 Å². The maximum Gasteiger partial charge on any atom is 0.118 e. The number of piperazine rings is 1. The fourth-order valence-electron chi connectivity index (χ4n) is 4.25. The Morgan fingerprint density at radius 1 is 0.818 bits per heavy atom. The van der Waals surface area contributed by atoms with Crippen LogP contribution in [0.3, 0.4) is 0 Å². The first-order valence-electron chi connectivity index (χ1n) is 11.2. The Morgan fingerprint density at radius 2 is 1.45 bits per heavy atom. The molecule has 0 aromatic heterocycles. The van der Waals surface area contributed by atoms with E-state index in [1.807, 2.05) is 24.3 Å². The predicted octanol–water partition coefficient (Wildman–Crippen LogP) is 5.69. The van der Waals surface area contributed by atoms with Gasteiger partial charge >= 0.3 is 0 Å². The largest absolute Gasteiger partial charge is 0.497 e. The van der Waals surface area contributed by atoms with E-state index in [1.165, 1.54) is 16.7 Å². The Bertz CT molecular complexity index is 944. The molecule has 3 aromatic rings. The molecule has 176 valence electrons. The molecule has 1 fully saturated rings. The third-order valence-electron chi connectivity index (χ3n) is 6.05. The van der Waals surface area contributed by atoms with E-state index in [0.29, 0.717) is 6.61 Å². The van der Waals surface area contributed by atoms with Crippen LogP contribution in [0, 0.1) is 0 Å². The molecule has 6 heteroatoms. The minimum absolute atomic E-state index is 0. The number of rotatable bonds is 9. The Balaban J connectivity index is 0.00000306. The zero-order valence-corrected chi connectivity index (χ0v) is 20.6. The van der Waals surface area contributed by atoms with E-state index in [4.69, 9.17) is 21.1 Å². The number of benzene rings is 3. The van der Waals surface area contributed by atoms with Gasteiger partial charge in [-0.2, -0.15) is 0 Å². The number of ether oxygens (including phenoxy) is 2. The molecule has 0 spiro atoms. The first-order chi connectivity index (χ1) is 15.7. The zero-order chi connectivity index (χ0) is 22.2. The normalized spacial score (nSPS) is 15.6. The molecule has 1 aliphatic heterocycles. The Labute approximate surface area is 208 Å². The van der Waals surface area contributed by atoms with Gasteiger partial charge in [0.2, 0.25) is 0 Å². The van der Waals surface area contributed by atoms with Gasteiger partial charge in [0.25, 0.3) is 0 Å². The van der Waals surface area contributed by atoms with Crippen LogP contribution in [0.1, 0.15) is 22.7 Å². The molecular weight excluding hydrogens is 455 g/mol. The van der Waals surface area contributed by atoms with Crippen LogP contribution in [0.25, 0.3) is 0 Å². The van der Waals surface area contributed by atoms with Crippen LogP contribution in [0.15, 0.2) is 78.9 Å². The first-order valence-corrected chi connectivity index (χ1v) is 11.6. The zero-order valence-electron chi connectivity index (χ0n) is 19.0. The molecule has 1 saturated heterocycles. The summed E-state index contributed by atoms with van der Waals surface area (Å²) in [6.07, 6.45) is 0. The molecule has 33 heavy (non-hydrogen) atoms. The van der Waals surface area contributed by atoms with Crippen molar-refractivity contribution in [2.75, 3.05) is 46.4 Å². The van der Waals surface area contributed by atoms with Crippen molar-refractivity contribution in [3.63, 3.8) is 0 Å². The van der Waals surface area contributed by atoms with Crippen LogP contribution in [0.2, 0.25) is 5.02 Å². The number of halogens is 2. The summed E-state index contributed by atoms with van der Waals surface area (Å²) in [6, 6.07) is 27.3. The van der Waals surface area contributed by atoms with E-state index in [-0.39, 0.29) is 18.4 Å². The lowest BCUT2D eigenvalue weighted by atomic mass is 9.96. The predicted molar refractivity (Wildman–Crippen MR) is 138 cm³/mol. The molecule has 3 aromatic carbocycles. The summed E-state index contributed by atoms with van der Waals surface area (Å²) in [6.45, 7) is 6.48. The van der Waals surface area contributed by atoms with Gasteiger partial charge in [0.1, 0.15) is 5.75 Å². The molecule has 4 rings (SSSR count). The molecule has 0 radical (unpaired) electrons. The average Bonchev–Trinajstić information content (AvgIpc) is 2.85. The standard InChI is InChI=1S/C27H31ClN2O2.ClH/c1-31-26-13-7-22(8-14-26)21-32-20-19-29-15-17-30(18-16-29)27(23-5-3-2-4-6-23)24-9-11-25(28)12-10-24;/h2-14,27H,15-21H2,1H3;1H. The molecule has 0 saturated carbocycles. The van der Waals surface area contributed by atoms with Crippen molar-refractivity contribution in [3.05, 3.63) is 101 Å². The van der Waals surface area contributed by atoms with Crippen molar-refractivity contribution in [3.8, 4) is 5.75 Å². The highest BCUT2D eigenvalue weighted by atomic mass is 35.5. The number of methoxy groups -OCH3 is 1.